The van der Waals surface area contributed by atoms with Gasteiger partial charge < -0.3 is 19.6 Å². The van der Waals surface area contributed by atoms with E-state index in [1.807, 2.05) is 0 Å². The van der Waals surface area contributed by atoms with Crippen molar-refractivity contribution >= 4 is 11.9 Å². The molecule has 2 heterocycles. The van der Waals surface area contributed by atoms with Gasteiger partial charge in [-0.05, 0) is 38.6 Å². The van der Waals surface area contributed by atoms with Crippen LogP contribution in [-0.4, -0.2) is 79.4 Å². The zero-order valence-corrected chi connectivity index (χ0v) is 16.5. The summed E-state index contributed by atoms with van der Waals surface area (Å²) in [7, 11) is 2.18. The van der Waals surface area contributed by atoms with E-state index in [1.54, 1.807) is 0 Å². The fraction of sp³-hybridized carbons (Fsp3) is 0.895. The lowest BCUT2D eigenvalue weighted by Gasteiger charge is -2.43. The van der Waals surface area contributed by atoms with E-state index in [2.05, 4.69) is 16.8 Å². The Morgan fingerprint density at radius 1 is 1.14 bits per heavy atom. The average Bonchev–Trinajstić information content (AvgIpc) is 3.05. The van der Waals surface area contributed by atoms with Gasteiger partial charge in [0.25, 0.3) is 0 Å². The number of carboxylic acids is 1. The smallest absolute Gasteiger partial charge is 0.475 e. The molecule has 6 nitrogen and oxygen atoms in total. The van der Waals surface area contributed by atoms with Crippen LogP contribution in [-0.2, 0) is 14.3 Å². The van der Waals surface area contributed by atoms with Gasteiger partial charge in [-0.15, -0.1) is 0 Å². The van der Waals surface area contributed by atoms with Gasteiger partial charge in [0.05, 0.1) is 13.2 Å². The second-order valence-electron chi connectivity index (χ2n) is 8.37. The molecule has 3 rings (SSSR count). The fourth-order valence-corrected chi connectivity index (χ4v) is 4.46. The third kappa shape index (κ3) is 6.92. The average molecular weight is 408 g/mol. The number of hydrogen-bond donors (Lipinski definition) is 1. The van der Waals surface area contributed by atoms with E-state index < -0.39 is 12.1 Å². The summed E-state index contributed by atoms with van der Waals surface area (Å²) in [5.41, 5.74) is 0.175. The maximum Gasteiger partial charge on any atom is 0.490 e. The second-order valence-corrected chi connectivity index (χ2v) is 8.37. The van der Waals surface area contributed by atoms with Crippen molar-refractivity contribution in [1.82, 2.24) is 9.80 Å². The zero-order chi connectivity index (χ0) is 20.8. The van der Waals surface area contributed by atoms with Gasteiger partial charge in [0.2, 0.25) is 5.91 Å². The summed E-state index contributed by atoms with van der Waals surface area (Å²) in [6, 6.07) is 0. The van der Waals surface area contributed by atoms with Gasteiger partial charge in [-0.25, -0.2) is 4.79 Å². The van der Waals surface area contributed by atoms with Crippen LogP contribution >= 0.6 is 0 Å². The standard InChI is InChI=1S/C17H30N2O2.C2HF3O2/c1-18-9-10-21-14-17(12-18)7-4-8-19(13-17)16(20)11-15-5-2-3-6-15;3-2(4,5)1(6)7/h15H,2-14H2,1H3;(H,6,7). The van der Waals surface area contributed by atoms with E-state index in [1.165, 1.54) is 32.1 Å². The minimum absolute atomic E-state index is 0.175. The van der Waals surface area contributed by atoms with E-state index in [0.29, 0.717) is 11.8 Å². The van der Waals surface area contributed by atoms with Crippen molar-refractivity contribution in [3.63, 3.8) is 0 Å². The number of aliphatic carboxylic acids is 1. The van der Waals surface area contributed by atoms with Crippen LogP contribution in [0.4, 0.5) is 13.2 Å². The van der Waals surface area contributed by atoms with Gasteiger partial charge in [0.15, 0.2) is 0 Å². The van der Waals surface area contributed by atoms with Crippen LogP contribution in [0, 0.1) is 11.3 Å². The number of piperidine rings is 1. The van der Waals surface area contributed by atoms with Gasteiger partial charge in [-0.3, -0.25) is 4.79 Å². The van der Waals surface area contributed by atoms with Crippen molar-refractivity contribution in [2.45, 2.75) is 51.1 Å². The number of ether oxygens (including phenoxy) is 1. The first kappa shape index (κ1) is 22.9. The van der Waals surface area contributed by atoms with Crippen molar-refractivity contribution in [1.29, 1.82) is 0 Å². The fourth-order valence-electron chi connectivity index (χ4n) is 4.46. The molecule has 0 aromatic heterocycles. The lowest BCUT2D eigenvalue weighted by Crippen LogP contribution is -2.51. The highest BCUT2D eigenvalue weighted by molar-refractivity contribution is 5.76. The van der Waals surface area contributed by atoms with Gasteiger partial charge in [-0.2, -0.15) is 13.2 Å². The topological polar surface area (TPSA) is 70.1 Å². The maximum atomic E-state index is 12.6. The van der Waals surface area contributed by atoms with Crippen molar-refractivity contribution in [2.75, 3.05) is 46.4 Å². The molecule has 28 heavy (non-hydrogen) atoms. The summed E-state index contributed by atoms with van der Waals surface area (Å²) < 4.78 is 37.6. The minimum atomic E-state index is -5.08. The molecule has 162 valence electrons. The molecule has 0 aromatic carbocycles. The largest absolute Gasteiger partial charge is 0.490 e. The van der Waals surface area contributed by atoms with Gasteiger partial charge in [-0.1, -0.05) is 12.8 Å². The highest BCUT2D eigenvalue weighted by atomic mass is 19.4. The Labute approximate surface area is 164 Å². The number of hydrogen-bond acceptors (Lipinski definition) is 4. The molecule has 3 aliphatic rings. The molecule has 1 spiro atoms. The summed E-state index contributed by atoms with van der Waals surface area (Å²) in [6.45, 7) is 5.59. The number of amides is 1. The van der Waals surface area contributed by atoms with E-state index >= 15 is 0 Å². The van der Waals surface area contributed by atoms with Gasteiger partial charge >= 0.3 is 12.1 Å². The van der Waals surface area contributed by atoms with Crippen LogP contribution in [0.15, 0.2) is 0 Å². The summed E-state index contributed by atoms with van der Waals surface area (Å²) in [5.74, 6) is -1.70. The first-order valence-corrected chi connectivity index (χ1v) is 9.95. The Morgan fingerprint density at radius 3 is 2.39 bits per heavy atom. The predicted molar refractivity (Wildman–Crippen MR) is 96.8 cm³/mol. The Balaban J connectivity index is 0.000000345. The van der Waals surface area contributed by atoms with Crippen LogP contribution in [0.5, 0.6) is 0 Å². The predicted octanol–water partition coefficient (Wildman–Crippen LogP) is 2.77. The molecular formula is C19H31F3N2O4. The third-order valence-corrected chi connectivity index (χ3v) is 5.83. The summed E-state index contributed by atoms with van der Waals surface area (Å²) in [6.07, 6.45) is 3.19. The van der Waals surface area contributed by atoms with Crippen LogP contribution in [0.3, 0.4) is 0 Å². The van der Waals surface area contributed by atoms with Crippen molar-refractivity contribution in [2.24, 2.45) is 11.3 Å². The number of carbonyl (C=O) groups is 2. The van der Waals surface area contributed by atoms with Crippen LogP contribution in [0.1, 0.15) is 44.9 Å². The van der Waals surface area contributed by atoms with Crippen LogP contribution in [0.25, 0.3) is 0 Å². The molecule has 1 atom stereocenters. The second kappa shape index (κ2) is 9.91. The Kier molecular flexibility index (Phi) is 8.12. The van der Waals surface area contributed by atoms with Gasteiger partial charge in [0.1, 0.15) is 0 Å². The summed E-state index contributed by atoms with van der Waals surface area (Å²) in [5, 5.41) is 7.12. The molecule has 1 N–H and O–H groups in total. The molecule has 9 heteroatoms. The molecule has 0 radical (unpaired) electrons. The van der Waals surface area contributed by atoms with Crippen LogP contribution in [0.2, 0.25) is 0 Å². The SMILES string of the molecule is CN1CCOCC2(CCCN(C(=O)CC3CCCC3)C2)C1.O=C(O)C(F)(F)F. The van der Waals surface area contributed by atoms with Gasteiger partial charge in [0, 0.05) is 38.0 Å². The molecule has 2 aliphatic heterocycles. The molecule has 1 unspecified atom stereocenters. The molecule has 1 saturated carbocycles. The number of carbonyl (C=O) groups excluding carboxylic acids is 1. The third-order valence-electron chi connectivity index (χ3n) is 5.83. The highest BCUT2D eigenvalue weighted by Crippen LogP contribution is 2.34. The first-order valence-electron chi connectivity index (χ1n) is 9.95. The number of carboxylic acid groups (broad SMARTS) is 1. The number of likely N-dealkylation sites (tertiary alicyclic amines) is 1. The molecule has 1 aliphatic carbocycles. The highest BCUT2D eigenvalue weighted by Gasteiger charge is 2.40. The molecule has 1 amide bonds. The lowest BCUT2D eigenvalue weighted by atomic mass is 9.80. The molecule has 3 fully saturated rings. The number of rotatable bonds is 2. The molecule has 2 saturated heterocycles. The van der Waals surface area contributed by atoms with Crippen molar-refractivity contribution < 1.29 is 32.6 Å². The number of halogens is 3. The molecular weight excluding hydrogens is 377 g/mol. The Hall–Kier alpha value is -1.35. The van der Waals surface area contributed by atoms with E-state index in [4.69, 9.17) is 14.6 Å². The van der Waals surface area contributed by atoms with E-state index in [9.17, 15) is 18.0 Å². The van der Waals surface area contributed by atoms with Crippen molar-refractivity contribution in [3.8, 4) is 0 Å². The molecule has 0 bridgehead atoms. The summed E-state index contributed by atoms with van der Waals surface area (Å²) in [4.78, 5) is 26.0. The van der Waals surface area contributed by atoms with E-state index in [0.717, 1.165) is 52.2 Å². The van der Waals surface area contributed by atoms with E-state index in [-0.39, 0.29) is 5.41 Å². The van der Waals surface area contributed by atoms with Crippen LogP contribution < -0.4 is 0 Å². The maximum absolute atomic E-state index is 12.6. The Bertz CT molecular complexity index is 538. The number of nitrogens with zero attached hydrogens (tertiary/aromatic N) is 2. The zero-order valence-electron chi connectivity index (χ0n) is 16.5. The summed E-state index contributed by atoms with van der Waals surface area (Å²) >= 11 is 0. The normalized spacial score (nSPS) is 27.2. The van der Waals surface area contributed by atoms with Crippen molar-refractivity contribution in [3.05, 3.63) is 0 Å². The number of likely N-dealkylation sites (N-methyl/N-ethyl adjacent to an activating group) is 1. The number of alkyl halides is 3. The quantitative estimate of drug-likeness (QED) is 0.761. The first-order chi connectivity index (χ1) is 13.1. The molecule has 0 aromatic rings. The minimum Gasteiger partial charge on any atom is -0.475 e. The monoisotopic (exact) mass is 408 g/mol. The Morgan fingerprint density at radius 2 is 1.79 bits per heavy atom. The lowest BCUT2D eigenvalue weighted by molar-refractivity contribution is -0.192.